The normalized spacial score (nSPS) is 15.6. The Balaban J connectivity index is 1.58. The van der Waals surface area contributed by atoms with Gasteiger partial charge in [-0.1, -0.05) is 57.2 Å². The average molecular weight is 769 g/mol. The van der Waals surface area contributed by atoms with Crippen LogP contribution in [0.2, 0.25) is 18.1 Å². The van der Waals surface area contributed by atoms with Crippen LogP contribution in [0.5, 0.6) is 0 Å². The lowest BCUT2D eigenvalue weighted by atomic mass is 10.1. The summed E-state index contributed by atoms with van der Waals surface area (Å²) in [4.78, 5) is 32.4. The summed E-state index contributed by atoms with van der Waals surface area (Å²) in [5.74, 6) is -2.16. The Labute approximate surface area is 303 Å². The minimum absolute atomic E-state index is 0.0449. The van der Waals surface area contributed by atoms with E-state index in [-0.39, 0.29) is 61.4 Å². The second-order valence-electron chi connectivity index (χ2n) is 14.8. The maximum Gasteiger partial charge on any atom is 0.449 e. The zero-order valence-corrected chi connectivity index (χ0v) is 31.4. The van der Waals surface area contributed by atoms with Gasteiger partial charge in [0.1, 0.15) is 17.3 Å². The zero-order chi connectivity index (χ0) is 39.1. The van der Waals surface area contributed by atoms with E-state index in [0.29, 0.717) is 5.56 Å². The molecule has 0 unspecified atom stereocenters. The number of nitrogens with zero attached hydrogens (tertiary/aromatic N) is 4. The van der Waals surface area contributed by atoms with Crippen molar-refractivity contribution in [2.75, 3.05) is 31.1 Å². The second-order valence-corrected chi connectivity index (χ2v) is 19.5. The zero-order valence-electron chi connectivity index (χ0n) is 30.4. The van der Waals surface area contributed by atoms with Crippen molar-refractivity contribution >= 4 is 14.0 Å². The molecule has 288 valence electrons. The van der Waals surface area contributed by atoms with Crippen LogP contribution in [0.3, 0.4) is 0 Å². The molecule has 0 spiro atoms. The van der Waals surface area contributed by atoms with E-state index in [1.54, 1.807) is 29.2 Å². The Morgan fingerprint density at radius 3 is 2.02 bits per heavy atom. The van der Waals surface area contributed by atoms with Gasteiger partial charge in [0.05, 0.1) is 31.3 Å². The highest BCUT2D eigenvalue weighted by Gasteiger charge is 2.41. The van der Waals surface area contributed by atoms with Crippen LogP contribution in [0.1, 0.15) is 60.8 Å². The third-order valence-electron chi connectivity index (χ3n) is 10.2. The number of furan rings is 1. The van der Waals surface area contributed by atoms with E-state index >= 15 is 4.39 Å². The molecule has 4 aromatic rings. The highest BCUT2D eigenvalue weighted by Crippen LogP contribution is 2.40. The van der Waals surface area contributed by atoms with Crippen molar-refractivity contribution in [1.29, 1.82) is 0 Å². The van der Waals surface area contributed by atoms with Crippen LogP contribution in [0, 0.1) is 12.7 Å². The van der Waals surface area contributed by atoms with Crippen LogP contribution < -0.4 is 16.1 Å². The van der Waals surface area contributed by atoms with Crippen molar-refractivity contribution in [1.82, 2.24) is 14.0 Å². The maximum absolute atomic E-state index is 15.2. The lowest BCUT2D eigenvalue weighted by molar-refractivity contribution is -0.153. The summed E-state index contributed by atoms with van der Waals surface area (Å²) in [5, 5.41) is -0.258. The second kappa shape index (κ2) is 14.9. The molecule has 1 saturated heterocycles. The molecule has 0 amide bonds. The first-order valence-corrected chi connectivity index (χ1v) is 20.0. The molecule has 0 saturated carbocycles. The predicted molar refractivity (Wildman–Crippen MR) is 189 cm³/mol. The molecular weight excluding hydrogens is 726 g/mol. The van der Waals surface area contributed by atoms with Gasteiger partial charge in [0.15, 0.2) is 8.32 Å². The highest BCUT2D eigenvalue weighted by molar-refractivity contribution is 6.74. The van der Waals surface area contributed by atoms with Gasteiger partial charge in [-0.15, -0.1) is 0 Å². The van der Waals surface area contributed by atoms with E-state index in [9.17, 15) is 35.9 Å². The van der Waals surface area contributed by atoms with Crippen molar-refractivity contribution in [2.24, 2.45) is 0 Å². The van der Waals surface area contributed by atoms with E-state index in [4.69, 9.17) is 8.84 Å². The molecule has 1 fully saturated rings. The smallest absolute Gasteiger partial charge is 0.449 e. The number of rotatable bonds is 10. The fourth-order valence-electron chi connectivity index (χ4n) is 6.18. The van der Waals surface area contributed by atoms with Gasteiger partial charge in [-0.2, -0.15) is 26.3 Å². The Hall–Kier alpha value is -4.15. The van der Waals surface area contributed by atoms with Crippen molar-refractivity contribution in [3.8, 4) is 0 Å². The van der Waals surface area contributed by atoms with E-state index < -0.39 is 67.3 Å². The third kappa shape index (κ3) is 8.81. The monoisotopic (exact) mass is 768 g/mol. The molecule has 0 radical (unpaired) electrons. The third-order valence-corrected chi connectivity index (χ3v) is 14.7. The van der Waals surface area contributed by atoms with E-state index in [0.717, 1.165) is 33.4 Å². The lowest BCUT2D eigenvalue weighted by Gasteiger charge is -2.40. The number of anilines is 1. The summed E-state index contributed by atoms with van der Waals surface area (Å²) in [6.07, 6.45) is -10.3. The van der Waals surface area contributed by atoms with Gasteiger partial charge >= 0.3 is 18.0 Å². The molecule has 3 heterocycles. The molecule has 2 aromatic heterocycles. The Bertz CT molecular complexity index is 2020. The largest absolute Gasteiger partial charge is 0.455 e. The SMILES string of the molecule is Cc1c(N2CCN(Cc3ccc(C(F)(F)F)o3)CC2)c(=O)n(C[C@H](O[Si](C)(C)C(C)(C)C)c2ccccc2)c(=O)n1Cc1c(F)cccc1C(F)(F)F. The van der Waals surface area contributed by atoms with E-state index in [2.05, 4.69) is 0 Å². The van der Waals surface area contributed by atoms with Crippen LogP contribution in [-0.4, -0.2) is 48.5 Å². The number of halogens is 7. The predicted octanol–water partition coefficient (Wildman–Crippen LogP) is 8.22. The molecule has 1 atom stereocenters. The molecule has 0 aliphatic carbocycles. The van der Waals surface area contributed by atoms with Crippen molar-refractivity contribution < 1.29 is 39.6 Å². The van der Waals surface area contributed by atoms with E-state index in [1.807, 2.05) is 44.8 Å². The van der Waals surface area contributed by atoms with Gasteiger partial charge in [0.2, 0.25) is 5.76 Å². The van der Waals surface area contributed by atoms with Crippen LogP contribution in [0.15, 0.2) is 74.7 Å². The van der Waals surface area contributed by atoms with Crippen molar-refractivity contribution in [3.05, 3.63) is 121 Å². The number of benzene rings is 2. The Kier molecular flexibility index (Phi) is 11.3. The van der Waals surface area contributed by atoms with E-state index in [1.165, 1.54) is 13.0 Å². The standard InChI is InChI=1S/C37H43F7N4O4Si/c1-24-32(46-19-17-45(18-20-46)21-26-15-16-31(51-26)37(42,43)44)33(49)48(23-30(25-11-8-7-9-12-25)52-53(5,6)35(2,3)4)34(50)47(24)22-27-28(36(39,40)41)13-10-14-29(27)38/h7-16,30H,17-23H2,1-6H3/t30-/m0/s1. The maximum atomic E-state index is 15.2. The molecule has 1 aliphatic heterocycles. The number of alkyl halides is 6. The van der Waals surface area contributed by atoms with Crippen LogP contribution in [-0.2, 0) is 36.4 Å². The van der Waals surface area contributed by atoms with Gasteiger partial charge in [-0.05, 0) is 54.9 Å². The summed E-state index contributed by atoms with van der Waals surface area (Å²) in [6.45, 7) is 11.5. The van der Waals surface area contributed by atoms with Gasteiger partial charge in [0, 0.05) is 37.4 Å². The van der Waals surface area contributed by atoms with Crippen molar-refractivity contribution in [3.63, 3.8) is 0 Å². The minimum atomic E-state index is -4.92. The Morgan fingerprint density at radius 1 is 0.811 bits per heavy atom. The van der Waals surface area contributed by atoms with Gasteiger partial charge in [0.25, 0.3) is 5.56 Å². The van der Waals surface area contributed by atoms with Gasteiger partial charge < -0.3 is 13.7 Å². The number of piperazine rings is 1. The fourth-order valence-corrected chi connectivity index (χ4v) is 7.46. The molecule has 2 aromatic carbocycles. The summed E-state index contributed by atoms with van der Waals surface area (Å²) < 4.78 is 110. The summed E-state index contributed by atoms with van der Waals surface area (Å²) in [5.41, 5.74) is -2.83. The van der Waals surface area contributed by atoms with Gasteiger partial charge in [-0.3, -0.25) is 18.8 Å². The first-order valence-electron chi connectivity index (χ1n) is 17.1. The quantitative estimate of drug-likeness (QED) is 0.120. The fraction of sp³-hybridized carbons (Fsp3) is 0.459. The van der Waals surface area contributed by atoms with Crippen LogP contribution in [0.25, 0.3) is 0 Å². The summed E-state index contributed by atoms with van der Waals surface area (Å²) in [6, 6.07) is 13.7. The van der Waals surface area contributed by atoms with Crippen LogP contribution >= 0.6 is 0 Å². The topological polar surface area (TPSA) is 72.8 Å². The molecule has 1 aliphatic rings. The number of aromatic nitrogens is 2. The minimum Gasteiger partial charge on any atom is -0.455 e. The van der Waals surface area contributed by atoms with Gasteiger partial charge in [-0.25, -0.2) is 9.18 Å². The van der Waals surface area contributed by atoms with Crippen molar-refractivity contribution in [2.45, 2.75) is 83.9 Å². The molecule has 53 heavy (non-hydrogen) atoms. The summed E-state index contributed by atoms with van der Waals surface area (Å²) in [7, 11) is -2.54. The number of hydrogen-bond acceptors (Lipinski definition) is 6. The summed E-state index contributed by atoms with van der Waals surface area (Å²) >= 11 is 0. The molecular formula is C37H43F7N4O4Si. The molecule has 8 nitrogen and oxygen atoms in total. The number of hydrogen-bond donors (Lipinski definition) is 0. The lowest BCUT2D eigenvalue weighted by Crippen LogP contribution is -2.51. The Morgan fingerprint density at radius 2 is 1.45 bits per heavy atom. The first kappa shape index (κ1) is 40.0. The molecule has 16 heteroatoms. The molecule has 0 bridgehead atoms. The average Bonchev–Trinajstić information content (AvgIpc) is 3.54. The molecule has 0 N–H and O–H groups in total. The first-order chi connectivity index (χ1) is 24.6. The highest BCUT2D eigenvalue weighted by atomic mass is 28.4. The van der Waals surface area contributed by atoms with Crippen LogP contribution in [0.4, 0.5) is 36.4 Å². The molecule has 5 rings (SSSR count).